The number of hydrogen-bond donors (Lipinski definition) is 1. The van der Waals surface area contributed by atoms with Crippen LogP contribution < -0.4 is 5.73 Å². The molecular formula is C22H51NO4Si2. The molecule has 0 rings (SSSR count). The van der Waals surface area contributed by atoms with Crippen molar-refractivity contribution in [3.8, 4) is 0 Å². The van der Waals surface area contributed by atoms with Crippen LogP contribution in [0.25, 0.3) is 0 Å². The van der Waals surface area contributed by atoms with Crippen molar-refractivity contribution in [1.29, 1.82) is 0 Å². The van der Waals surface area contributed by atoms with Crippen molar-refractivity contribution in [3.63, 3.8) is 0 Å². The molecule has 0 aliphatic heterocycles. The van der Waals surface area contributed by atoms with Crippen LogP contribution in [0.15, 0.2) is 0 Å². The zero-order valence-corrected chi connectivity index (χ0v) is 22.4. The molecule has 0 aromatic carbocycles. The van der Waals surface area contributed by atoms with Crippen molar-refractivity contribution < 1.29 is 17.7 Å². The van der Waals surface area contributed by atoms with Crippen LogP contribution in [0.5, 0.6) is 0 Å². The molecule has 0 heterocycles. The molecule has 0 aliphatic rings. The molecule has 0 saturated carbocycles. The highest BCUT2D eigenvalue weighted by Crippen LogP contribution is 2.24. The molecule has 0 radical (unpaired) electrons. The summed E-state index contributed by atoms with van der Waals surface area (Å²) in [4.78, 5) is 0. The second-order valence-electron chi connectivity index (χ2n) is 8.55. The molecule has 0 atom stereocenters. The van der Waals surface area contributed by atoms with Gasteiger partial charge in [-0.2, -0.15) is 0 Å². The van der Waals surface area contributed by atoms with Gasteiger partial charge >= 0.3 is 17.1 Å². The largest absolute Gasteiger partial charge is 0.394 e. The standard InChI is InChI=1S/C22H51NO4Si2/c1-7-15-24-28(5,25-16-8-2)19-11-13-22(21-23)14-12-20-29(6,26-17-9-3)27-18-10-4/h22H,7-21,23H2,1-6H3. The zero-order chi connectivity index (χ0) is 22.0. The van der Waals surface area contributed by atoms with E-state index in [1.54, 1.807) is 0 Å². The average Bonchev–Trinajstić information content (AvgIpc) is 2.72. The molecule has 0 aromatic heterocycles. The van der Waals surface area contributed by atoms with Gasteiger partial charge in [0.05, 0.1) is 0 Å². The molecule has 0 amide bonds. The summed E-state index contributed by atoms with van der Waals surface area (Å²) < 4.78 is 24.6. The van der Waals surface area contributed by atoms with Crippen LogP contribution >= 0.6 is 0 Å². The fourth-order valence-corrected chi connectivity index (χ4v) is 8.43. The SMILES string of the molecule is CCCO[Si](C)(CCCC(CN)CCC[Si](C)(OCCC)OCCC)OCCC. The van der Waals surface area contributed by atoms with Crippen molar-refractivity contribution in [2.45, 2.75) is 104 Å². The van der Waals surface area contributed by atoms with E-state index < -0.39 is 17.1 Å². The van der Waals surface area contributed by atoms with Crippen molar-refractivity contribution in [2.75, 3.05) is 33.0 Å². The Morgan fingerprint density at radius 3 is 1.17 bits per heavy atom. The third-order valence-corrected chi connectivity index (χ3v) is 11.0. The Labute approximate surface area is 183 Å². The van der Waals surface area contributed by atoms with Gasteiger partial charge in [-0.3, -0.25) is 0 Å². The molecular weight excluding hydrogens is 398 g/mol. The number of nitrogens with two attached hydrogens (primary N) is 1. The lowest BCUT2D eigenvalue weighted by atomic mass is 9.99. The summed E-state index contributed by atoms with van der Waals surface area (Å²) in [5.74, 6) is 0.571. The predicted molar refractivity (Wildman–Crippen MR) is 129 cm³/mol. The van der Waals surface area contributed by atoms with Gasteiger partial charge in [0.25, 0.3) is 0 Å². The molecule has 0 saturated heterocycles. The molecule has 176 valence electrons. The van der Waals surface area contributed by atoms with Crippen LogP contribution in [0.3, 0.4) is 0 Å². The van der Waals surface area contributed by atoms with E-state index in [0.717, 1.165) is 96.4 Å². The zero-order valence-electron chi connectivity index (χ0n) is 20.4. The summed E-state index contributed by atoms with van der Waals surface area (Å²) in [6, 6.07) is 2.13. The normalized spacial score (nSPS) is 12.8. The first kappa shape index (κ1) is 29.2. The van der Waals surface area contributed by atoms with Crippen LogP contribution in [0.4, 0.5) is 0 Å². The summed E-state index contributed by atoms with van der Waals surface area (Å²) >= 11 is 0. The summed E-state index contributed by atoms with van der Waals surface area (Å²) in [6.45, 7) is 17.1. The summed E-state index contributed by atoms with van der Waals surface area (Å²) in [7, 11) is -4.07. The van der Waals surface area contributed by atoms with Gasteiger partial charge in [0, 0.05) is 26.4 Å². The first-order chi connectivity index (χ1) is 13.9. The van der Waals surface area contributed by atoms with Crippen LogP contribution in [0, 0.1) is 5.92 Å². The van der Waals surface area contributed by atoms with E-state index in [1.807, 2.05) is 0 Å². The molecule has 7 heteroatoms. The Morgan fingerprint density at radius 2 is 0.931 bits per heavy atom. The molecule has 0 unspecified atom stereocenters. The fraction of sp³-hybridized carbons (Fsp3) is 1.00. The average molecular weight is 450 g/mol. The van der Waals surface area contributed by atoms with Crippen LogP contribution in [-0.2, 0) is 17.7 Å². The van der Waals surface area contributed by atoms with Crippen LogP contribution in [0.2, 0.25) is 25.2 Å². The lowest BCUT2D eigenvalue weighted by molar-refractivity contribution is 0.171. The Morgan fingerprint density at radius 1 is 0.621 bits per heavy atom. The number of rotatable bonds is 21. The molecule has 5 nitrogen and oxygen atoms in total. The van der Waals surface area contributed by atoms with E-state index in [9.17, 15) is 0 Å². The lowest BCUT2D eigenvalue weighted by Gasteiger charge is -2.28. The maximum absolute atomic E-state index is 6.16. The van der Waals surface area contributed by atoms with E-state index in [4.69, 9.17) is 23.4 Å². The van der Waals surface area contributed by atoms with Crippen LogP contribution in [-0.4, -0.2) is 50.1 Å². The Kier molecular flexibility index (Phi) is 18.0. The third kappa shape index (κ3) is 14.8. The predicted octanol–water partition coefficient (Wildman–Crippen LogP) is 5.97. The minimum absolute atomic E-state index is 0.571. The summed E-state index contributed by atoms with van der Waals surface area (Å²) in [6.07, 6.45) is 8.80. The highest BCUT2D eigenvalue weighted by Gasteiger charge is 2.32. The fourth-order valence-electron chi connectivity index (χ4n) is 3.45. The van der Waals surface area contributed by atoms with E-state index in [1.165, 1.54) is 0 Å². The molecule has 0 bridgehead atoms. The lowest BCUT2D eigenvalue weighted by Crippen LogP contribution is -2.39. The second-order valence-corrected chi connectivity index (χ2v) is 15.2. The van der Waals surface area contributed by atoms with Crippen molar-refractivity contribution in [2.24, 2.45) is 11.7 Å². The van der Waals surface area contributed by atoms with Gasteiger partial charge in [-0.25, -0.2) is 0 Å². The molecule has 2 N–H and O–H groups in total. The van der Waals surface area contributed by atoms with Gasteiger partial charge in [0.15, 0.2) is 0 Å². The van der Waals surface area contributed by atoms with Gasteiger partial charge in [-0.1, -0.05) is 40.5 Å². The number of hydrogen-bond acceptors (Lipinski definition) is 5. The maximum atomic E-state index is 6.16. The Bertz CT molecular complexity index is 327. The van der Waals surface area contributed by atoms with E-state index in [-0.39, 0.29) is 0 Å². The highest BCUT2D eigenvalue weighted by molar-refractivity contribution is 6.66. The molecule has 0 aromatic rings. The first-order valence-corrected chi connectivity index (χ1v) is 17.2. The van der Waals surface area contributed by atoms with Crippen LogP contribution in [0.1, 0.15) is 79.1 Å². The monoisotopic (exact) mass is 449 g/mol. The van der Waals surface area contributed by atoms with Gasteiger partial charge in [0.2, 0.25) is 0 Å². The second kappa shape index (κ2) is 17.9. The minimum atomic E-state index is -2.04. The topological polar surface area (TPSA) is 62.9 Å². The molecule has 29 heavy (non-hydrogen) atoms. The van der Waals surface area contributed by atoms with Crippen molar-refractivity contribution in [1.82, 2.24) is 0 Å². The smallest absolute Gasteiger partial charge is 0.334 e. The van der Waals surface area contributed by atoms with Gasteiger partial charge in [-0.05, 0) is 76.2 Å². The van der Waals surface area contributed by atoms with E-state index in [0.29, 0.717) is 5.92 Å². The maximum Gasteiger partial charge on any atom is 0.334 e. The highest BCUT2D eigenvalue weighted by atomic mass is 28.4. The quantitative estimate of drug-likeness (QED) is 0.219. The first-order valence-electron chi connectivity index (χ1n) is 12.1. The van der Waals surface area contributed by atoms with Gasteiger partial charge in [-0.15, -0.1) is 0 Å². The van der Waals surface area contributed by atoms with Gasteiger partial charge in [0.1, 0.15) is 0 Å². The summed E-state index contributed by atoms with van der Waals surface area (Å²) in [5.41, 5.74) is 6.09. The Hall–Kier alpha value is 0.234. The van der Waals surface area contributed by atoms with Gasteiger partial charge < -0.3 is 23.4 Å². The molecule has 0 spiro atoms. The van der Waals surface area contributed by atoms with Crippen molar-refractivity contribution >= 4 is 17.1 Å². The summed E-state index contributed by atoms with van der Waals surface area (Å²) in [5, 5.41) is 0. The van der Waals surface area contributed by atoms with Crippen molar-refractivity contribution in [3.05, 3.63) is 0 Å². The van der Waals surface area contributed by atoms with E-state index in [2.05, 4.69) is 40.8 Å². The Balaban J connectivity index is 4.41. The minimum Gasteiger partial charge on any atom is -0.394 e. The molecule has 0 aliphatic carbocycles. The third-order valence-electron chi connectivity index (χ3n) is 5.27. The molecule has 0 fully saturated rings. The van der Waals surface area contributed by atoms with E-state index >= 15 is 0 Å².